The molecule has 0 aliphatic carbocycles. The minimum Gasteiger partial charge on any atom is -0.469 e. The van der Waals surface area contributed by atoms with Gasteiger partial charge in [-0.2, -0.15) is 12.7 Å². The van der Waals surface area contributed by atoms with Crippen molar-refractivity contribution in [1.29, 1.82) is 0 Å². The summed E-state index contributed by atoms with van der Waals surface area (Å²) >= 11 is 0. The van der Waals surface area contributed by atoms with E-state index in [1.54, 1.807) is 6.92 Å². The van der Waals surface area contributed by atoms with Crippen LogP contribution in [-0.4, -0.2) is 49.8 Å². The predicted molar refractivity (Wildman–Crippen MR) is 104 cm³/mol. The van der Waals surface area contributed by atoms with Crippen LogP contribution in [0.3, 0.4) is 0 Å². The quantitative estimate of drug-likeness (QED) is 0.701. The summed E-state index contributed by atoms with van der Waals surface area (Å²) in [6.07, 6.45) is 0.481. The molecular formula is C19H23N3O6S. The van der Waals surface area contributed by atoms with Crippen molar-refractivity contribution in [2.45, 2.75) is 26.2 Å². The normalized spacial score (nSPS) is 15.8. The van der Waals surface area contributed by atoms with Crippen LogP contribution in [0.5, 0.6) is 0 Å². The second kappa shape index (κ2) is 8.75. The van der Waals surface area contributed by atoms with E-state index >= 15 is 0 Å². The van der Waals surface area contributed by atoms with Gasteiger partial charge in [-0.15, -0.1) is 0 Å². The number of carbonyl (C=O) groups is 2. The van der Waals surface area contributed by atoms with E-state index in [9.17, 15) is 18.0 Å². The van der Waals surface area contributed by atoms with Crippen molar-refractivity contribution in [3.05, 3.63) is 41.8 Å². The van der Waals surface area contributed by atoms with Gasteiger partial charge in [0.1, 0.15) is 5.76 Å². The van der Waals surface area contributed by atoms with Crippen LogP contribution in [0.25, 0.3) is 11.5 Å². The highest BCUT2D eigenvalue weighted by atomic mass is 32.2. The van der Waals surface area contributed by atoms with Gasteiger partial charge in [0.2, 0.25) is 11.8 Å². The maximum atomic E-state index is 12.5. The minimum atomic E-state index is -3.99. The predicted octanol–water partition coefficient (Wildman–Crippen LogP) is 1.44. The van der Waals surface area contributed by atoms with E-state index < -0.39 is 16.1 Å². The van der Waals surface area contributed by atoms with Gasteiger partial charge in [-0.25, -0.2) is 9.71 Å². The molecule has 2 heterocycles. The number of aryl methyl sites for hydroxylation is 1. The Morgan fingerprint density at radius 1 is 1.24 bits per heavy atom. The number of hydrogen-bond acceptors (Lipinski definition) is 7. The van der Waals surface area contributed by atoms with Crippen LogP contribution in [0.2, 0.25) is 0 Å². The molecule has 1 aliphatic heterocycles. The second-order valence-corrected chi connectivity index (χ2v) is 8.46. The van der Waals surface area contributed by atoms with Crippen LogP contribution in [0.4, 0.5) is 0 Å². The molecule has 29 heavy (non-hydrogen) atoms. The maximum absolute atomic E-state index is 12.5. The lowest BCUT2D eigenvalue weighted by molar-refractivity contribution is -0.146. The Bertz CT molecular complexity index is 979. The molecule has 10 heteroatoms. The monoisotopic (exact) mass is 421 g/mol. The first kappa shape index (κ1) is 21.0. The maximum Gasteiger partial charge on any atom is 0.308 e. The lowest BCUT2D eigenvalue weighted by Crippen LogP contribution is -2.48. The third kappa shape index (κ3) is 5.01. The number of aromatic nitrogens is 1. The molecule has 1 fully saturated rings. The highest BCUT2D eigenvalue weighted by molar-refractivity contribution is 7.87. The fraction of sp³-hybridized carbons (Fsp3) is 0.421. The molecule has 1 N–H and O–H groups in total. The molecule has 156 valence electrons. The molecule has 2 aromatic rings. The molecule has 1 saturated heterocycles. The number of carbonyl (C=O) groups excluding carboxylic acids is 2. The van der Waals surface area contributed by atoms with Crippen LogP contribution < -0.4 is 4.72 Å². The smallest absolute Gasteiger partial charge is 0.308 e. The molecule has 0 bridgehead atoms. The lowest BCUT2D eigenvalue weighted by Gasteiger charge is -2.29. The van der Waals surface area contributed by atoms with Gasteiger partial charge in [-0.05, 0) is 31.9 Å². The first-order valence-corrected chi connectivity index (χ1v) is 10.6. The Morgan fingerprint density at radius 2 is 1.90 bits per heavy atom. The van der Waals surface area contributed by atoms with Gasteiger partial charge in [0, 0.05) is 18.7 Å². The molecule has 1 amide bonds. The average molecular weight is 421 g/mol. The zero-order valence-electron chi connectivity index (χ0n) is 16.3. The van der Waals surface area contributed by atoms with Gasteiger partial charge < -0.3 is 9.15 Å². The number of esters is 1. The molecule has 0 atom stereocenters. The number of rotatable bonds is 6. The number of nitrogens with one attached hydrogen (secondary N) is 1. The first-order chi connectivity index (χ1) is 13.8. The van der Waals surface area contributed by atoms with E-state index in [2.05, 4.69) is 9.71 Å². The van der Waals surface area contributed by atoms with Crippen molar-refractivity contribution < 1.29 is 27.2 Å². The number of oxazole rings is 1. The summed E-state index contributed by atoms with van der Waals surface area (Å²) in [4.78, 5) is 28.2. The van der Waals surface area contributed by atoms with Gasteiger partial charge in [0.25, 0.3) is 0 Å². The van der Waals surface area contributed by atoms with Gasteiger partial charge in [-0.3, -0.25) is 9.59 Å². The largest absolute Gasteiger partial charge is 0.469 e. The summed E-state index contributed by atoms with van der Waals surface area (Å²) in [7, 11) is -2.69. The summed E-state index contributed by atoms with van der Waals surface area (Å²) < 4.78 is 38.5. The van der Waals surface area contributed by atoms with Gasteiger partial charge in [0.05, 0.1) is 25.1 Å². The Labute approximate surface area is 169 Å². The highest BCUT2D eigenvalue weighted by Crippen LogP contribution is 2.22. The third-order valence-electron chi connectivity index (χ3n) is 4.81. The number of nitrogens with zero attached hydrogens (tertiary/aromatic N) is 2. The Morgan fingerprint density at radius 3 is 2.52 bits per heavy atom. The molecular weight excluding hydrogens is 398 g/mol. The molecule has 1 aromatic heterocycles. The van der Waals surface area contributed by atoms with E-state index in [-0.39, 0.29) is 31.4 Å². The Balaban J connectivity index is 1.61. The number of hydrogen-bond donors (Lipinski definition) is 1. The van der Waals surface area contributed by atoms with Crippen molar-refractivity contribution in [3.63, 3.8) is 0 Å². The van der Waals surface area contributed by atoms with Crippen molar-refractivity contribution in [2.75, 3.05) is 20.2 Å². The van der Waals surface area contributed by atoms with E-state index in [0.29, 0.717) is 30.2 Å². The van der Waals surface area contributed by atoms with Crippen molar-refractivity contribution >= 4 is 22.1 Å². The SMILES string of the molecule is COC(=O)C1CCN(S(=O)(=O)NC(=O)Cc2nc(-c3ccccc3)oc2C)CC1. The topological polar surface area (TPSA) is 119 Å². The minimum absolute atomic E-state index is 0.142. The van der Waals surface area contributed by atoms with Crippen LogP contribution >= 0.6 is 0 Å². The van der Waals surface area contributed by atoms with Gasteiger partial charge in [0.15, 0.2) is 0 Å². The van der Waals surface area contributed by atoms with Crippen LogP contribution in [0.15, 0.2) is 34.7 Å². The summed E-state index contributed by atoms with van der Waals surface area (Å²) in [6.45, 7) is 1.96. The number of methoxy groups -OCH3 is 1. The summed E-state index contributed by atoms with van der Waals surface area (Å²) in [5.41, 5.74) is 1.14. The molecule has 9 nitrogen and oxygen atoms in total. The first-order valence-electron chi connectivity index (χ1n) is 9.20. The van der Waals surface area contributed by atoms with Crippen LogP contribution in [0, 0.1) is 12.8 Å². The van der Waals surface area contributed by atoms with E-state index in [1.807, 2.05) is 30.3 Å². The lowest BCUT2D eigenvalue weighted by atomic mass is 9.99. The molecule has 0 unspecified atom stereocenters. The van der Waals surface area contributed by atoms with E-state index in [0.717, 1.165) is 9.87 Å². The van der Waals surface area contributed by atoms with Crippen molar-refractivity contribution in [3.8, 4) is 11.5 Å². The second-order valence-electron chi connectivity index (χ2n) is 6.79. The molecule has 0 radical (unpaired) electrons. The van der Waals surface area contributed by atoms with Crippen molar-refractivity contribution in [2.24, 2.45) is 5.92 Å². The molecule has 0 spiro atoms. The fourth-order valence-electron chi connectivity index (χ4n) is 3.19. The van der Waals surface area contributed by atoms with Crippen LogP contribution in [0.1, 0.15) is 24.3 Å². The van der Waals surface area contributed by atoms with E-state index in [4.69, 9.17) is 9.15 Å². The summed E-state index contributed by atoms with van der Waals surface area (Å²) in [6, 6.07) is 9.22. The highest BCUT2D eigenvalue weighted by Gasteiger charge is 2.32. The zero-order valence-corrected chi connectivity index (χ0v) is 17.1. The van der Waals surface area contributed by atoms with Gasteiger partial charge in [-0.1, -0.05) is 18.2 Å². The number of benzene rings is 1. The Hall–Kier alpha value is -2.72. The molecule has 1 aromatic carbocycles. The summed E-state index contributed by atoms with van der Waals surface area (Å²) in [5.74, 6) is -0.539. The Kier molecular flexibility index (Phi) is 6.33. The number of piperidine rings is 1. The van der Waals surface area contributed by atoms with Crippen molar-refractivity contribution in [1.82, 2.24) is 14.0 Å². The number of amides is 1. The van der Waals surface area contributed by atoms with Gasteiger partial charge >= 0.3 is 16.2 Å². The zero-order chi connectivity index (χ0) is 21.0. The standard InChI is InChI=1S/C19H23N3O6S/c1-13-16(20-18(28-13)14-6-4-3-5-7-14)12-17(23)21-29(25,26)22-10-8-15(9-11-22)19(24)27-2/h3-7,15H,8-12H2,1-2H3,(H,21,23). The molecule has 3 rings (SSSR count). The third-order valence-corrected chi connectivity index (χ3v) is 6.34. The molecule has 1 aliphatic rings. The van der Waals surface area contributed by atoms with Crippen LogP contribution in [-0.2, 0) is 31.0 Å². The molecule has 0 saturated carbocycles. The van der Waals surface area contributed by atoms with E-state index in [1.165, 1.54) is 7.11 Å². The average Bonchev–Trinajstić information content (AvgIpc) is 3.08. The number of ether oxygens (including phenoxy) is 1. The fourth-order valence-corrected chi connectivity index (χ4v) is 4.37. The summed E-state index contributed by atoms with van der Waals surface area (Å²) in [5, 5.41) is 0.